The zero-order valence-corrected chi connectivity index (χ0v) is 12.0. The van der Waals surface area contributed by atoms with Crippen molar-refractivity contribution in [3.8, 4) is 0 Å². The summed E-state index contributed by atoms with van der Waals surface area (Å²) in [7, 11) is 0. The number of nitrogens with zero attached hydrogens (tertiary/aromatic N) is 2. The molecule has 0 spiro atoms. The number of hydrogen-bond donors (Lipinski definition) is 1. The predicted octanol–water partition coefficient (Wildman–Crippen LogP) is 1.47. The highest BCUT2D eigenvalue weighted by molar-refractivity contribution is 5.98. The fourth-order valence-electron chi connectivity index (χ4n) is 2.42. The van der Waals surface area contributed by atoms with Crippen molar-refractivity contribution >= 4 is 17.5 Å². The molecule has 8 heteroatoms. The summed E-state index contributed by atoms with van der Waals surface area (Å²) in [6, 6.07) is 2.33. The Morgan fingerprint density at radius 3 is 2.86 bits per heavy atom. The zero-order valence-electron chi connectivity index (χ0n) is 12.0. The number of nitrogens with one attached hydrogen (secondary N) is 1. The molecule has 2 rings (SSSR count). The van der Waals surface area contributed by atoms with E-state index in [1.165, 1.54) is 0 Å². The van der Waals surface area contributed by atoms with E-state index in [0.717, 1.165) is 24.6 Å². The summed E-state index contributed by atoms with van der Waals surface area (Å²) >= 11 is 0. The van der Waals surface area contributed by atoms with E-state index < -0.39 is 28.4 Å². The maximum atomic E-state index is 13.2. The Morgan fingerprint density at radius 1 is 1.55 bits per heavy atom. The average Bonchev–Trinajstić information content (AvgIpc) is 2.83. The van der Waals surface area contributed by atoms with Gasteiger partial charge in [-0.25, -0.2) is 4.39 Å². The first-order chi connectivity index (χ1) is 10.4. The van der Waals surface area contributed by atoms with Crippen LogP contribution in [-0.4, -0.2) is 40.8 Å². The van der Waals surface area contributed by atoms with Crippen LogP contribution < -0.4 is 5.32 Å². The van der Waals surface area contributed by atoms with Gasteiger partial charge >= 0.3 is 0 Å². The average molecular weight is 309 g/mol. The van der Waals surface area contributed by atoms with Crippen molar-refractivity contribution < 1.29 is 18.9 Å². The molecule has 0 bridgehead atoms. The topological polar surface area (TPSA) is 92.6 Å². The molecule has 1 fully saturated rings. The summed E-state index contributed by atoms with van der Waals surface area (Å²) in [6.07, 6.45) is 1.28. The van der Waals surface area contributed by atoms with Crippen LogP contribution in [0.2, 0.25) is 0 Å². The van der Waals surface area contributed by atoms with Crippen LogP contribution >= 0.6 is 0 Å². The molecule has 0 aliphatic carbocycles. The van der Waals surface area contributed by atoms with Crippen LogP contribution in [-0.2, 0) is 4.79 Å². The van der Waals surface area contributed by atoms with Gasteiger partial charge in [0, 0.05) is 31.6 Å². The first-order valence-electron chi connectivity index (χ1n) is 6.91. The second-order valence-corrected chi connectivity index (χ2v) is 5.24. The normalized spacial score (nSPS) is 15.7. The summed E-state index contributed by atoms with van der Waals surface area (Å²) in [5.74, 6) is -1.43. The van der Waals surface area contributed by atoms with E-state index in [1.807, 2.05) is 0 Å². The predicted molar refractivity (Wildman–Crippen MR) is 75.8 cm³/mol. The first-order valence-corrected chi connectivity index (χ1v) is 6.91. The van der Waals surface area contributed by atoms with Crippen LogP contribution in [0.3, 0.4) is 0 Å². The highest BCUT2D eigenvalue weighted by atomic mass is 19.1. The van der Waals surface area contributed by atoms with E-state index in [1.54, 1.807) is 11.8 Å². The third kappa shape index (κ3) is 3.57. The van der Waals surface area contributed by atoms with Crippen LogP contribution in [0, 0.1) is 15.9 Å². The van der Waals surface area contributed by atoms with Gasteiger partial charge in [0.25, 0.3) is 11.6 Å². The number of likely N-dealkylation sites (tertiary alicyclic amines) is 1. The number of benzene rings is 1. The van der Waals surface area contributed by atoms with E-state index in [4.69, 9.17) is 0 Å². The van der Waals surface area contributed by atoms with Crippen LogP contribution in [0.1, 0.15) is 30.1 Å². The van der Waals surface area contributed by atoms with Gasteiger partial charge in [0.05, 0.1) is 4.92 Å². The SMILES string of the molecule is C[C@H](CN1CCCC1=O)NC(=O)c1cc(F)ccc1[N+](=O)[O-]. The molecule has 7 nitrogen and oxygen atoms in total. The van der Waals surface area contributed by atoms with Gasteiger partial charge in [-0.05, 0) is 25.5 Å². The molecule has 0 radical (unpaired) electrons. The number of hydrogen-bond acceptors (Lipinski definition) is 4. The third-order valence-electron chi connectivity index (χ3n) is 3.44. The number of nitro benzene ring substituents is 1. The lowest BCUT2D eigenvalue weighted by Gasteiger charge is -2.21. The van der Waals surface area contributed by atoms with Gasteiger partial charge < -0.3 is 10.2 Å². The molecule has 1 saturated heterocycles. The van der Waals surface area contributed by atoms with Gasteiger partial charge in [-0.3, -0.25) is 19.7 Å². The molecule has 1 aliphatic rings. The Labute approximate surface area is 126 Å². The molecule has 0 aromatic heterocycles. The maximum absolute atomic E-state index is 13.2. The minimum Gasteiger partial charge on any atom is -0.348 e. The summed E-state index contributed by atoms with van der Waals surface area (Å²) in [5, 5.41) is 13.5. The van der Waals surface area contributed by atoms with Gasteiger partial charge in [-0.15, -0.1) is 0 Å². The molecule has 118 valence electrons. The third-order valence-corrected chi connectivity index (χ3v) is 3.44. The lowest BCUT2D eigenvalue weighted by molar-refractivity contribution is -0.385. The zero-order chi connectivity index (χ0) is 16.3. The van der Waals surface area contributed by atoms with Crippen molar-refractivity contribution in [3.05, 3.63) is 39.7 Å². The smallest absolute Gasteiger partial charge is 0.282 e. The quantitative estimate of drug-likeness (QED) is 0.658. The highest BCUT2D eigenvalue weighted by Crippen LogP contribution is 2.19. The Kier molecular flexibility index (Phi) is 4.69. The molecule has 0 unspecified atom stereocenters. The molecule has 1 heterocycles. The van der Waals surface area contributed by atoms with Crippen LogP contribution in [0.5, 0.6) is 0 Å². The molecule has 1 atom stereocenters. The van der Waals surface area contributed by atoms with Gasteiger partial charge in [0.1, 0.15) is 11.4 Å². The molecule has 1 N–H and O–H groups in total. The van der Waals surface area contributed by atoms with E-state index in [0.29, 0.717) is 19.5 Å². The Balaban J connectivity index is 2.07. The largest absolute Gasteiger partial charge is 0.348 e. The van der Waals surface area contributed by atoms with Crippen LogP contribution in [0.15, 0.2) is 18.2 Å². The Bertz CT molecular complexity index is 620. The number of carbonyl (C=O) groups is 2. The fourth-order valence-corrected chi connectivity index (χ4v) is 2.42. The minimum absolute atomic E-state index is 0.0258. The lowest BCUT2D eigenvalue weighted by atomic mass is 10.1. The molecule has 0 saturated carbocycles. The maximum Gasteiger partial charge on any atom is 0.282 e. The number of halogens is 1. The van der Waals surface area contributed by atoms with Crippen molar-refractivity contribution in [2.75, 3.05) is 13.1 Å². The van der Waals surface area contributed by atoms with Crippen molar-refractivity contribution in [3.63, 3.8) is 0 Å². The standard InChI is InChI=1S/C14H16FN3O4/c1-9(8-17-6-2-3-13(17)19)16-14(20)11-7-10(15)4-5-12(11)18(21)22/h4-5,7,9H,2-3,6,8H2,1H3,(H,16,20)/t9-/m1/s1. The monoisotopic (exact) mass is 309 g/mol. The van der Waals surface area contributed by atoms with Crippen molar-refractivity contribution in [1.82, 2.24) is 10.2 Å². The Hall–Kier alpha value is -2.51. The van der Waals surface area contributed by atoms with Gasteiger partial charge in [0.2, 0.25) is 5.91 Å². The number of rotatable bonds is 5. The Morgan fingerprint density at radius 2 is 2.27 bits per heavy atom. The van der Waals surface area contributed by atoms with E-state index >= 15 is 0 Å². The van der Waals surface area contributed by atoms with Crippen molar-refractivity contribution in [2.45, 2.75) is 25.8 Å². The highest BCUT2D eigenvalue weighted by Gasteiger charge is 2.25. The molecule has 1 aliphatic heterocycles. The molecular formula is C14H16FN3O4. The first kappa shape index (κ1) is 15.9. The molecule has 1 aromatic carbocycles. The molecule has 2 amide bonds. The number of carbonyl (C=O) groups excluding carboxylic acids is 2. The second kappa shape index (κ2) is 6.50. The van der Waals surface area contributed by atoms with E-state index in [9.17, 15) is 24.1 Å². The number of amides is 2. The van der Waals surface area contributed by atoms with Crippen molar-refractivity contribution in [1.29, 1.82) is 0 Å². The summed E-state index contributed by atoms with van der Waals surface area (Å²) in [5.41, 5.74) is -0.784. The summed E-state index contributed by atoms with van der Waals surface area (Å²) in [4.78, 5) is 35.4. The summed E-state index contributed by atoms with van der Waals surface area (Å²) in [6.45, 7) is 2.65. The van der Waals surface area contributed by atoms with E-state index in [2.05, 4.69) is 5.32 Å². The summed E-state index contributed by atoms with van der Waals surface area (Å²) < 4.78 is 13.2. The minimum atomic E-state index is -0.733. The van der Waals surface area contributed by atoms with Crippen molar-refractivity contribution in [2.24, 2.45) is 0 Å². The van der Waals surface area contributed by atoms with Gasteiger partial charge in [0.15, 0.2) is 0 Å². The van der Waals surface area contributed by atoms with Crippen LogP contribution in [0.4, 0.5) is 10.1 Å². The van der Waals surface area contributed by atoms with Crippen LogP contribution in [0.25, 0.3) is 0 Å². The van der Waals surface area contributed by atoms with Gasteiger partial charge in [-0.1, -0.05) is 0 Å². The number of nitro groups is 1. The second-order valence-electron chi connectivity index (χ2n) is 5.24. The van der Waals surface area contributed by atoms with Gasteiger partial charge in [-0.2, -0.15) is 0 Å². The fraction of sp³-hybridized carbons (Fsp3) is 0.429. The lowest BCUT2D eigenvalue weighted by Crippen LogP contribution is -2.42. The molecule has 1 aromatic rings. The molecule has 22 heavy (non-hydrogen) atoms. The molecular weight excluding hydrogens is 293 g/mol. The van der Waals surface area contributed by atoms with E-state index in [-0.39, 0.29) is 11.5 Å².